The predicted octanol–water partition coefficient (Wildman–Crippen LogP) is 3.43. The van der Waals surface area contributed by atoms with E-state index in [2.05, 4.69) is 10.3 Å². The van der Waals surface area contributed by atoms with Gasteiger partial charge in [-0.2, -0.15) is 0 Å². The largest absolute Gasteiger partial charge is 0.491 e. The van der Waals surface area contributed by atoms with Crippen molar-refractivity contribution in [2.45, 2.75) is 26.9 Å². The van der Waals surface area contributed by atoms with Gasteiger partial charge in [0.1, 0.15) is 5.75 Å². The Balaban J connectivity index is 2.06. The molecule has 0 saturated carbocycles. The number of carbonyl (C=O) groups is 1. The van der Waals surface area contributed by atoms with Gasteiger partial charge in [0, 0.05) is 23.1 Å². The summed E-state index contributed by atoms with van der Waals surface area (Å²) in [7, 11) is 0. The lowest BCUT2D eigenvalue weighted by Gasteiger charge is -2.10. The van der Waals surface area contributed by atoms with Crippen molar-refractivity contribution in [2.24, 2.45) is 0 Å². The number of aromatic nitrogens is 1. The van der Waals surface area contributed by atoms with Crippen LogP contribution in [0.1, 0.15) is 29.9 Å². The van der Waals surface area contributed by atoms with E-state index in [9.17, 15) is 4.79 Å². The Morgan fingerprint density at radius 2 is 1.90 bits per heavy atom. The lowest BCUT2D eigenvalue weighted by molar-refractivity contribution is 0.102. The van der Waals surface area contributed by atoms with Crippen LogP contribution in [0.25, 0.3) is 0 Å². The molecule has 0 fully saturated rings. The fourth-order valence-electron chi connectivity index (χ4n) is 1.78. The second kappa shape index (κ2) is 6.19. The number of nitrogens with zero attached hydrogens (tertiary/aromatic N) is 1. The average Bonchev–Trinajstić information content (AvgIpc) is 2.38. The van der Waals surface area contributed by atoms with Crippen molar-refractivity contribution in [1.82, 2.24) is 4.98 Å². The highest BCUT2D eigenvalue weighted by Crippen LogP contribution is 2.15. The summed E-state index contributed by atoms with van der Waals surface area (Å²) in [6.45, 7) is 5.81. The van der Waals surface area contributed by atoms with E-state index in [1.54, 1.807) is 36.5 Å². The number of benzene rings is 1. The van der Waals surface area contributed by atoms with Gasteiger partial charge >= 0.3 is 0 Å². The van der Waals surface area contributed by atoms with Crippen LogP contribution in [-0.2, 0) is 0 Å². The van der Waals surface area contributed by atoms with Gasteiger partial charge in [-0.05, 0) is 57.2 Å². The van der Waals surface area contributed by atoms with Gasteiger partial charge < -0.3 is 10.1 Å². The van der Waals surface area contributed by atoms with Crippen LogP contribution < -0.4 is 10.1 Å². The number of rotatable bonds is 4. The van der Waals surface area contributed by atoms with Gasteiger partial charge in [0.2, 0.25) is 0 Å². The summed E-state index contributed by atoms with van der Waals surface area (Å²) in [6, 6.07) is 10.7. The lowest BCUT2D eigenvalue weighted by Crippen LogP contribution is -2.12. The number of ether oxygens (including phenoxy) is 1. The van der Waals surface area contributed by atoms with E-state index < -0.39 is 0 Å². The Hall–Kier alpha value is -2.36. The standard InChI is InChI=1S/C16H18N2O2/c1-11(2)20-15-6-4-13(5-7-15)16(19)18-14-8-9-17-12(3)10-14/h4-11H,1-3H3,(H,17,18,19). The maximum atomic E-state index is 12.1. The fourth-order valence-corrected chi connectivity index (χ4v) is 1.78. The molecule has 0 radical (unpaired) electrons. The topological polar surface area (TPSA) is 51.2 Å². The summed E-state index contributed by atoms with van der Waals surface area (Å²) in [4.78, 5) is 16.2. The van der Waals surface area contributed by atoms with Crippen LogP contribution in [0.5, 0.6) is 5.75 Å². The maximum Gasteiger partial charge on any atom is 0.255 e. The summed E-state index contributed by atoms with van der Waals surface area (Å²) < 4.78 is 5.54. The Bertz CT molecular complexity index is 592. The Kier molecular flexibility index (Phi) is 4.35. The van der Waals surface area contributed by atoms with E-state index in [1.165, 1.54) is 0 Å². The molecule has 2 rings (SSSR count). The lowest BCUT2D eigenvalue weighted by atomic mass is 10.2. The van der Waals surface area contributed by atoms with Gasteiger partial charge in [0.15, 0.2) is 0 Å². The van der Waals surface area contributed by atoms with Crippen molar-refractivity contribution >= 4 is 11.6 Å². The second-order valence-electron chi connectivity index (χ2n) is 4.83. The van der Waals surface area contributed by atoms with Crippen molar-refractivity contribution in [2.75, 3.05) is 5.32 Å². The minimum atomic E-state index is -0.147. The van der Waals surface area contributed by atoms with E-state index in [4.69, 9.17) is 4.74 Å². The summed E-state index contributed by atoms with van der Waals surface area (Å²) in [5.41, 5.74) is 2.20. The summed E-state index contributed by atoms with van der Waals surface area (Å²) in [5.74, 6) is 0.614. The Labute approximate surface area is 118 Å². The van der Waals surface area contributed by atoms with E-state index in [0.717, 1.165) is 17.1 Å². The zero-order chi connectivity index (χ0) is 14.5. The molecule has 2 aromatic rings. The van der Waals surface area contributed by atoms with Crippen LogP contribution in [0.4, 0.5) is 5.69 Å². The van der Waals surface area contributed by atoms with Gasteiger partial charge in [0.25, 0.3) is 5.91 Å². The molecule has 0 aliphatic carbocycles. The molecule has 1 aromatic carbocycles. The fraction of sp³-hybridized carbons (Fsp3) is 0.250. The number of hydrogen-bond acceptors (Lipinski definition) is 3. The molecule has 20 heavy (non-hydrogen) atoms. The first kappa shape index (κ1) is 14.1. The molecule has 1 amide bonds. The molecule has 0 unspecified atom stereocenters. The number of aryl methyl sites for hydroxylation is 1. The molecule has 0 atom stereocenters. The molecule has 0 aliphatic heterocycles. The van der Waals surface area contributed by atoms with E-state index in [1.807, 2.05) is 26.8 Å². The normalized spacial score (nSPS) is 10.4. The quantitative estimate of drug-likeness (QED) is 0.926. The zero-order valence-corrected chi connectivity index (χ0v) is 11.9. The molecule has 0 saturated heterocycles. The van der Waals surface area contributed by atoms with Gasteiger partial charge in [-0.1, -0.05) is 0 Å². The first-order chi connectivity index (χ1) is 9.54. The number of anilines is 1. The Morgan fingerprint density at radius 3 is 2.50 bits per heavy atom. The highest BCUT2D eigenvalue weighted by molar-refractivity contribution is 6.04. The van der Waals surface area contributed by atoms with Crippen molar-refractivity contribution in [3.05, 3.63) is 53.9 Å². The molecule has 4 nitrogen and oxygen atoms in total. The summed E-state index contributed by atoms with van der Waals surface area (Å²) >= 11 is 0. The van der Waals surface area contributed by atoms with Gasteiger partial charge in [-0.25, -0.2) is 0 Å². The minimum Gasteiger partial charge on any atom is -0.491 e. The summed E-state index contributed by atoms with van der Waals surface area (Å²) in [6.07, 6.45) is 1.79. The third kappa shape index (κ3) is 3.82. The minimum absolute atomic E-state index is 0.120. The molecule has 1 N–H and O–H groups in total. The van der Waals surface area contributed by atoms with Crippen LogP contribution in [0.15, 0.2) is 42.6 Å². The Morgan fingerprint density at radius 1 is 1.20 bits per heavy atom. The molecule has 0 spiro atoms. The number of amides is 1. The molecule has 0 aliphatic rings. The van der Waals surface area contributed by atoms with Crippen molar-refractivity contribution in [3.63, 3.8) is 0 Å². The van der Waals surface area contributed by atoms with Crippen LogP contribution in [0.3, 0.4) is 0 Å². The monoisotopic (exact) mass is 270 g/mol. The molecule has 1 aromatic heterocycles. The average molecular weight is 270 g/mol. The maximum absolute atomic E-state index is 12.1. The second-order valence-corrected chi connectivity index (χ2v) is 4.83. The van der Waals surface area contributed by atoms with Gasteiger partial charge in [-0.3, -0.25) is 9.78 Å². The molecule has 104 valence electrons. The molecular formula is C16H18N2O2. The first-order valence-corrected chi connectivity index (χ1v) is 6.55. The van der Waals surface area contributed by atoms with Gasteiger partial charge in [-0.15, -0.1) is 0 Å². The smallest absolute Gasteiger partial charge is 0.255 e. The van der Waals surface area contributed by atoms with Crippen LogP contribution >= 0.6 is 0 Å². The van der Waals surface area contributed by atoms with Crippen LogP contribution in [0, 0.1) is 6.92 Å². The van der Waals surface area contributed by atoms with Crippen LogP contribution in [-0.4, -0.2) is 17.0 Å². The molecule has 1 heterocycles. The number of nitrogens with one attached hydrogen (secondary N) is 1. The highest BCUT2D eigenvalue weighted by Gasteiger charge is 2.07. The van der Waals surface area contributed by atoms with Crippen molar-refractivity contribution in [1.29, 1.82) is 0 Å². The number of pyridine rings is 1. The predicted molar refractivity (Wildman–Crippen MR) is 79.1 cm³/mol. The third-order valence-corrected chi connectivity index (χ3v) is 2.64. The number of carbonyl (C=O) groups excluding carboxylic acids is 1. The van der Waals surface area contributed by atoms with E-state index in [0.29, 0.717) is 5.56 Å². The highest BCUT2D eigenvalue weighted by atomic mass is 16.5. The van der Waals surface area contributed by atoms with Gasteiger partial charge in [0.05, 0.1) is 6.10 Å². The number of hydrogen-bond donors (Lipinski definition) is 1. The molecule has 4 heteroatoms. The first-order valence-electron chi connectivity index (χ1n) is 6.55. The third-order valence-electron chi connectivity index (χ3n) is 2.64. The van der Waals surface area contributed by atoms with E-state index in [-0.39, 0.29) is 12.0 Å². The van der Waals surface area contributed by atoms with Crippen molar-refractivity contribution < 1.29 is 9.53 Å². The van der Waals surface area contributed by atoms with Crippen molar-refractivity contribution in [3.8, 4) is 5.75 Å². The SMILES string of the molecule is Cc1cc(NC(=O)c2ccc(OC(C)C)cc2)ccn1. The molecule has 0 bridgehead atoms. The summed E-state index contributed by atoms with van der Waals surface area (Å²) in [5, 5.41) is 2.84. The van der Waals surface area contributed by atoms with Crippen LogP contribution in [0.2, 0.25) is 0 Å². The van der Waals surface area contributed by atoms with E-state index >= 15 is 0 Å². The zero-order valence-electron chi connectivity index (χ0n) is 11.9. The molecular weight excluding hydrogens is 252 g/mol.